The van der Waals surface area contributed by atoms with Crippen molar-refractivity contribution in [3.05, 3.63) is 26.6 Å². The molecule has 0 aliphatic rings. The topological polar surface area (TPSA) is 50.2 Å². The number of hydrogen-bond acceptors (Lipinski definition) is 2. The lowest BCUT2D eigenvalue weighted by Crippen LogP contribution is -2.17. The quantitative estimate of drug-likeness (QED) is 0.646. The number of pyridine rings is 1. The highest BCUT2D eigenvalue weighted by atomic mass is 127. The van der Waals surface area contributed by atoms with Gasteiger partial charge in [0.25, 0.3) is 6.43 Å². The van der Waals surface area contributed by atoms with Crippen molar-refractivity contribution in [2.24, 2.45) is 0 Å². The number of rotatable bonds is 3. The summed E-state index contributed by atoms with van der Waals surface area (Å²) in [6.45, 7) is 0. The maximum absolute atomic E-state index is 12.7. The molecule has 1 N–H and O–H groups in total. The zero-order chi connectivity index (χ0) is 14.1. The first kappa shape index (κ1) is 15.1. The van der Waals surface area contributed by atoms with E-state index >= 15 is 0 Å². The van der Waals surface area contributed by atoms with Crippen molar-refractivity contribution in [3.63, 3.8) is 0 Å². The molecule has 0 spiro atoms. The first-order chi connectivity index (χ1) is 8.14. The number of halogens is 6. The van der Waals surface area contributed by atoms with Gasteiger partial charge < -0.3 is 5.11 Å². The van der Waals surface area contributed by atoms with E-state index in [0.717, 1.165) is 6.20 Å². The summed E-state index contributed by atoms with van der Waals surface area (Å²) < 4.78 is 62.9. The number of nitrogens with zero attached hydrogens (tertiary/aromatic N) is 1. The number of carboxylic acids is 1. The molecule has 1 aromatic rings. The molecule has 0 radical (unpaired) electrons. The van der Waals surface area contributed by atoms with Crippen LogP contribution in [0.25, 0.3) is 0 Å². The van der Waals surface area contributed by atoms with Gasteiger partial charge in [0, 0.05) is 9.77 Å². The Morgan fingerprint density at radius 3 is 2.39 bits per heavy atom. The van der Waals surface area contributed by atoms with Gasteiger partial charge in [-0.15, -0.1) is 0 Å². The van der Waals surface area contributed by atoms with E-state index in [1.807, 2.05) is 0 Å². The molecular weight excluding hydrogens is 376 g/mol. The van der Waals surface area contributed by atoms with E-state index in [1.54, 1.807) is 0 Å². The zero-order valence-electron chi connectivity index (χ0n) is 8.43. The molecular formula is C9H5F5INO2. The summed E-state index contributed by atoms with van der Waals surface area (Å²) in [7, 11) is 0. The Bertz CT molecular complexity index is 475. The van der Waals surface area contributed by atoms with E-state index in [4.69, 9.17) is 5.11 Å². The van der Waals surface area contributed by atoms with Gasteiger partial charge in [0.1, 0.15) is 0 Å². The number of carbonyl (C=O) groups is 1. The second-order valence-corrected chi connectivity index (χ2v) is 4.38. The molecule has 0 fully saturated rings. The molecule has 1 heterocycles. The summed E-state index contributed by atoms with van der Waals surface area (Å²) in [6.07, 6.45) is -8.68. The minimum atomic E-state index is -5.05. The summed E-state index contributed by atoms with van der Waals surface area (Å²) in [6, 6.07) is 0. The lowest BCUT2D eigenvalue weighted by molar-refractivity contribution is -0.143. The van der Waals surface area contributed by atoms with Gasteiger partial charge in [0.2, 0.25) is 0 Å². The summed E-state index contributed by atoms with van der Waals surface area (Å²) in [5, 5.41) is 8.54. The average molecular weight is 381 g/mol. The smallest absolute Gasteiger partial charge is 0.433 e. The number of alkyl halides is 5. The van der Waals surface area contributed by atoms with Crippen LogP contribution in [0.2, 0.25) is 0 Å². The normalized spacial score (nSPS) is 11.9. The van der Waals surface area contributed by atoms with Crippen LogP contribution in [0.4, 0.5) is 22.0 Å². The molecule has 0 aliphatic carbocycles. The third-order valence-electron chi connectivity index (χ3n) is 1.99. The van der Waals surface area contributed by atoms with E-state index in [1.165, 1.54) is 22.6 Å². The van der Waals surface area contributed by atoms with Crippen molar-refractivity contribution in [3.8, 4) is 0 Å². The molecule has 9 heteroatoms. The predicted octanol–water partition coefficient (Wildman–Crippen LogP) is 3.27. The molecule has 0 amide bonds. The molecule has 1 aromatic heterocycles. The van der Waals surface area contributed by atoms with Gasteiger partial charge in [-0.1, -0.05) is 0 Å². The fourth-order valence-electron chi connectivity index (χ4n) is 1.33. The van der Waals surface area contributed by atoms with Crippen LogP contribution in [-0.2, 0) is 17.4 Å². The van der Waals surface area contributed by atoms with Gasteiger partial charge in [0.15, 0.2) is 5.69 Å². The minimum Gasteiger partial charge on any atom is -0.481 e. The summed E-state index contributed by atoms with van der Waals surface area (Å²) in [5.74, 6) is -1.49. The molecule has 0 saturated heterocycles. The molecule has 3 nitrogen and oxygen atoms in total. The highest BCUT2D eigenvalue weighted by Crippen LogP contribution is 2.38. The van der Waals surface area contributed by atoms with Gasteiger partial charge in [-0.3, -0.25) is 9.78 Å². The number of carboxylic acid groups (broad SMARTS) is 1. The first-order valence-corrected chi connectivity index (χ1v) is 5.47. The van der Waals surface area contributed by atoms with E-state index in [9.17, 15) is 26.7 Å². The minimum absolute atomic E-state index is 0.0432. The van der Waals surface area contributed by atoms with Gasteiger partial charge in [-0.25, -0.2) is 8.78 Å². The Hall–Kier alpha value is -1.00. The Kier molecular flexibility index (Phi) is 4.46. The maximum atomic E-state index is 12.7. The highest BCUT2D eigenvalue weighted by Gasteiger charge is 2.39. The highest BCUT2D eigenvalue weighted by molar-refractivity contribution is 14.1. The Morgan fingerprint density at radius 1 is 1.44 bits per heavy atom. The second-order valence-electron chi connectivity index (χ2n) is 3.22. The van der Waals surface area contributed by atoms with Crippen LogP contribution in [-0.4, -0.2) is 16.1 Å². The number of aromatic nitrogens is 1. The van der Waals surface area contributed by atoms with E-state index in [-0.39, 0.29) is 3.57 Å². The van der Waals surface area contributed by atoms with Crippen LogP contribution >= 0.6 is 22.6 Å². The summed E-state index contributed by atoms with van der Waals surface area (Å²) in [5.41, 5.74) is -3.66. The molecule has 0 unspecified atom stereocenters. The summed E-state index contributed by atoms with van der Waals surface area (Å²) in [4.78, 5) is 13.4. The monoisotopic (exact) mass is 381 g/mol. The average Bonchev–Trinajstić information content (AvgIpc) is 2.17. The van der Waals surface area contributed by atoms with Crippen molar-refractivity contribution >= 4 is 28.6 Å². The van der Waals surface area contributed by atoms with Crippen LogP contribution in [0, 0.1) is 3.57 Å². The number of hydrogen-bond donors (Lipinski definition) is 1. The molecule has 100 valence electrons. The first-order valence-electron chi connectivity index (χ1n) is 4.39. The van der Waals surface area contributed by atoms with Gasteiger partial charge in [0.05, 0.1) is 12.0 Å². The maximum Gasteiger partial charge on any atom is 0.433 e. The Balaban J connectivity index is 3.52. The van der Waals surface area contributed by atoms with Crippen molar-refractivity contribution < 1.29 is 31.9 Å². The SMILES string of the molecule is O=C(O)Cc1c(I)cnc(C(F)(F)F)c1C(F)F. The van der Waals surface area contributed by atoms with Crippen LogP contribution in [0.5, 0.6) is 0 Å². The zero-order valence-corrected chi connectivity index (χ0v) is 10.6. The van der Waals surface area contributed by atoms with Crippen LogP contribution in [0.3, 0.4) is 0 Å². The van der Waals surface area contributed by atoms with E-state index in [2.05, 4.69) is 4.98 Å². The van der Waals surface area contributed by atoms with Crippen molar-refractivity contribution in [1.29, 1.82) is 0 Å². The van der Waals surface area contributed by atoms with E-state index in [0.29, 0.717) is 0 Å². The van der Waals surface area contributed by atoms with Crippen LogP contribution in [0.1, 0.15) is 23.2 Å². The molecule has 1 rings (SSSR count). The molecule has 18 heavy (non-hydrogen) atoms. The Morgan fingerprint density at radius 2 is 2.00 bits per heavy atom. The fourth-order valence-corrected chi connectivity index (χ4v) is 1.95. The largest absolute Gasteiger partial charge is 0.481 e. The molecule has 0 saturated carbocycles. The lowest BCUT2D eigenvalue weighted by Gasteiger charge is -2.15. The third kappa shape index (κ3) is 3.27. The molecule has 0 atom stereocenters. The second kappa shape index (κ2) is 5.33. The van der Waals surface area contributed by atoms with E-state index < -0.39 is 41.8 Å². The molecule has 0 bridgehead atoms. The van der Waals surface area contributed by atoms with Crippen LogP contribution < -0.4 is 0 Å². The van der Waals surface area contributed by atoms with Gasteiger partial charge >= 0.3 is 12.1 Å². The third-order valence-corrected chi connectivity index (χ3v) is 2.92. The molecule has 0 aliphatic heterocycles. The van der Waals surface area contributed by atoms with Crippen molar-refractivity contribution in [1.82, 2.24) is 4.98 Å². The fraction of sp³-hybridized carbons (Fsp3) is 0.333. The lowest BCUT2D eigenvalue weighted by atomic mass is 10.0. The Labute approximate surface area is 111 Å². The summed E-state index contributed by atoms with van der Waals surface area (Å²) >= 11 is 1.47. The molecule has 0 aromatic carbocycles. The van der Waals surface area contributed by atoms with Crippen molar-refractivity contribution in [2.75, 3.05) is 0 Å². The predicted molar refractivity (Wildman–Crippen MR) is 58.3 cm³/mol. The standard InChI is InChI=1S/C9H5F5INO2/c10-8(11)6-3(1-5(17)18)4(15)2-16-7(6)9(12,13)14/h2,8H,1H2,(H,17,18). The van der Waals surface area contributed by atoms with Gasteiger partial charge in [-0.2, -0.15) is 13.2 Å². The van der Waals surface area contributed by atoms with Crippen molar-refractivity contribution in [2.45, 2.75) is 19.0 Å². The van der Waals surface area contributed by atoms with Gasteiger partial charge in [-0.05, 0) is 28.2 Å². The number of aliphatic carboxylic acids is 1. The van der Waals surface area contributed by atoms with Crippen LogP contribution in [0.15, 0.2) is 6.20 Å².